The van der Waals surface area contributed by atoms with Gasteiger partial charge in [0.25, 0.3) is 0 Å². The SMILES string of the molecule is Cc1cnc(CN2CCCC(C)C2=O)c(C)c1N. The molecule has 2 rings (SSSR count). The summed E-state index contributed by atoms with van der Waals surface area (Å²) in [4.78, 5) is 18.4. The van der Waals surface area contributed by atoms with Crippen molar-refractivity contribution >= 4 is 11.6 Å². The predicted octanol–water partition coefficient (Wildman–Crippen LogP) is 2.04. The topological polar surface area (TPSA) is 59.2 Å². The lowest BCUT2D eigenvalue weighted by atomic mass is 9.98. The van der Waals surface area contributed by atoms with Gasteiger partial charge in [-0.3, -0.25) is 9.78 Å². The number of nitrogens with two attached hydrogens (primary N) is 1. The molecule has 0 bridgehead atoms. The number of pyridine rings is 1. The van der Waals surface area contributed by atoms with E-state index < -0.39 is 0 Å². The number of carbonyl (C=O) groups is 1. The fraction of sp³-hybridized carbons (Fsp3) is 0.571. The largest absolute Gasteiger partial charge is 0.398 e. The van der Waals surface area contributed by atoms with E-state index in [9.17, 15) is 4.79 Å². The number of nitrogens with zero attached hydrogens (tertiary/aromatic N) is 2. The van der Waals surface area contributed by atoms with Gasteiger partial charge < -0.3 is 10.6 Å². The van der Waals surface area contributed by atoms with Gasteiger partial charge in [0, 0.05) is 24.3 Å². The van der Waals surface area contributed by atoms with Crippen LogP contribution in [0.4, 0.5) is 5.69 Å². The summed E-state index contributed by atoms with van der Waals surface area (Å²) in [6.45, 7) is 7.34. The Labute approximate surface area is 108 Å². The normalized spacial score (nSPS) is 20.3. The van der Waals surface area contributed by atoms with Crippen LogP contribution in [0.25, 0.3) is 0 Å². The third-order valence-electron chi connectivity index (χ3n) is 3.81. The number of nitrogen functional groups attached to an aromatic ring is 1. The molecule has 98 valence electrons. The Morgan fingerprint density at radius 3 is 2.94 bits per heavy atom. The van der Waals surface area contributed by atoms with Crippen molar-refractivity contribution in [3.63, 3.8) is 0 Å². The molecule has 0 aliphatic carbocycles. The minimum absolute atomic E-state index is 0.141. The Hall–Kier alpha value is -1.58. The molecule has 1 unspecified atom stereocenters. The molecule has 1 aliphatic heterocycles. The van der Waals surface area contributed by atoms with Crippen LogP contribution in [0.3, 0.4) is 0 Å². The molecule has 2 N–H and O–H groups in total. The van der Waals surface area contributed by atoms with Crippen LogP contribution in [0.5, 0.6) is 0 Å². The summed E-state index contributed by atoms with van der Waals surface area (Å²) in [6.07, 6.45) is 3.86. The first-order chi connectivity index (χ1) is 8.50. The van der Waals surface area contributed by atoms with Gasteiger partial charge in [0.15, 0.2) is 0 Å². The number of aromatic nitrogens is 1. The van der Waals surface area contributed by atoms with Crippen LogP contribution in [0.15, 0.2) is 6.20 Å². The van der Waals surface area contributed by atoms with E-state index in [0.29, 0.717) is 6.54 Å². The first-order valence-corrected chi connectivity index (χ1v) is 6.50. The van der Waals surface area contributed by atoms with Gasteiger partial charge in [-0.05, 0) is 37.8 Å². The Kier molecular flexibility index (Phi) is 3.55. The fourth-order valence-electron chi connectivity index (χ4n) is 2.42. The Bertz CT molecular complexity index is 470. The molecular weight excluding hydrogens is 226 g/mol. The summed E-state index contributed by atoms with van der Waals surface area (Å²) in [5.41, 5.74) is 9.71. The molecule has 18 heavy (non-hydrogen) atoms. The number of rotatable bonds is 2. The average molecular weight is 247 g/mol. The van der Waals surface area contributed by atoms with Crippen molar-refractivity contribution in [3.05, 3.63) is 23.0 Å². The molecule has 1 aromatic heterocycles. The quantitative estimate of drug-likeness (QED) is 0.870. The van der Waals surface area contributed by atoms with E-state index >= 15 is 0 Å². The van der Waals surface area contributed by atoms with Crippen molar-refractivity contribution in [2.75, 3.05) is 12.3 Å². The fourth-order valence-corrected chi connectivity index (χ4v) is 2.42. The number of likely N-dealkylation sites (tertiary alicyclic amines) is 1. The van der Waals surface area contributed by atoms with Crippen molar-refractivity contribution in [1.29, 1.82) is 0 Å². The highest BCUT2D eigenvalue weighted by Gasteiger charge is 2.25. The van der Waals surface area contributed by atoms with Gasteiger partial charge in [-0.1, -0.05) is 6.92 Å². The smallest absolute Gasteiger partial charge is 0.225 e. The van der Waals surface area contributed by atoms with Gasteiger partial charge in [-0.2, -0.15) is 0 Å². The Morgan fingerprint density at radius 2 is 2.22 bits per heavy atom. The first-order valence-electron chi connectivity index (χ1n) is 6.50. The number of carbonyl (C=O) groups excluding carboxylic acids is 1. The molecule has 1 saturated heterocycles. The third kappa shape index (κ3) is 2.33. The second kappa shape index (κ2) is 4.96. The van der Waals surface area contributed by atoms with Crippen molar-refractivity contribution in [3.8, 4) is 0 Å². The van der Waals surface area contributed by atoms with Gasteiger partial charge in [0.1, 0.15) is 0 Å². The molecule has 0 radical (unpaired) electrons. The lowest BCUT2D eigenvalue weighted by Crippen LogP contribution is -2.39. The van der Waals surface area contributed by atoms with Crippen LogP contribution < -0.4 is 5.73 Å². The number of amides is 1. The number of aryl methyl sites for hydroxylation is 1. The minimum atomic E-state index is 0.141. The van der Waals surface area contributed by atoms with Crippen molar-refractivity contribution < 1.29 is 4.79 Å². The minimum Gasteiger partial charge on any atom is -0.398 e. The van der Waals surface area contributed by atoms with Crippen molar-refractivity contribution in [2.24, 2.45) is 5.92 Å². The van der Waals surface area contributed by atoms with Crippen LogP contribution in [-0.4, -0.2) is 22.3 Å². The molecule has 1 aromatic rings. The molecule has 1 amide bonds. The van der Waals surface area contributed by atoms with Gasteiger partial charge >= 0.3 is 0 Å². The van der Waals surface area contributed by atoms with Gasteiger partial charge in [-0.15, -0.1) is 0 Å². The van der Waals surface area contributed by atoms with E-state index in [4.69, 9.17) is 5.73 Å². The summed E-state index contributed by atoms with van der Waals surface area (Å²) >= 11 is 0. The highest BCUT2D eigenvalue weighted by molar-refractivity contribution is 5.79. The highest BCUT2D eigenvalue weighted by Crippen LogP contribution is 2.23. The van der Waals surface area contributed by atoms with Crippen LogP contribution in [0, 0.1) is 19.8 Å². The maximum atomic E-state index is 12.1. The molecule has 1 fully saturated rings. The third-order valence-corrected chi connectivity index (χ3v) is 3.81. The predicted molar refractivity (Wildman–Crippen MR) is 71.9 cm³/mol. The number of hydrogen-bond donors (Lipinski definition) is 1. The van der Waals surface area contributed by atoms with E-state index in [1.807, 2.05) is 25.7 Å². The van der Waals surface area contributed by atoms with Gasteiger partial charge in [0.05, 0.1) is 12.2 Å². The van der Waals surface area contributed by atoms with Crippen LogP contribution in [0.1, 0.15) is 36.6 Å². The number of hydrogen-bond acceptors (Lipinski definition) is 3. The van der Waals surface area contributed by atoms with Crippen LogP contribution in [-0.2, 0) is 11.3 Å². The summed E-state index contributed by atoms with van der Waals surface area (Å²) in [6, 6.07) is 0. The lowest BCUT2D eigenvalue weighted by Gasteiger charge is -2.30. The molecule has 4 heteroatoms. The molecule has 4 nitrogen and oxygen atoms in total. The van der Waals surface area contributed by atoms with E-state index in [-0.39, 0.29) is 11.8 Å². The lowest BCUT2D eigenvalue weighted by molar-refractivity contribution is -0.138. The molecule has 1 atom stereocenters. The molecule has 0 saturated carbocycles. The zero-order valence-electron chi connectivity index (χ0n) is 11.4. The zero-order valence-corrected chi connectivity index (χ0v) is 11.4. The van der Waals surface area contributed by atoms with E-state index in [1.165, 1.54) is 0 Å². The molecule has 1 aliphatic rings. The maximum absolute atomic E-state index is 12.1. The van der Waals surface area contributed by atoms with Crippen molar-refractivity contribution in [1.82, 2.24) is 9.88 Å². The molecule has 0 spiro atoms. The second-order valence-corrected chi connectivity index (χ2v) is 5.23. The summed E-state index contributed by atoms with van der Waals surface area (Å²) < 4.78 is 0. The highest BCUT2D eigenvalue weighted by atomic mass is 16.2. The zero-order chi connectivity index (χ0) is 13.3. The summed E-state index contributed by atoms with van der Waals surface area (Å²) in [5, 5.41) is 0. The molecule has 0 aromatic carbocycles. The number of piperidine rings is 1. The molecular formula is C14H21N3O. The van der Waals surface area contributed by atoms with E-state index in [2.05, 4.69) is 4.98 Å². The summed E-state index contributed by atoms with van der Waals surface area (Å²) in [5.74, 6) is 0.378. The maximum Gasteiger partial charge on any atom is 0.225 e. The van der Waals surface area contributed by atoms with E-state index in [1.54, 1.807) is 6.20 Å². The van der Waals surface area contributed by atoms with Crippen molar-refractivity contribution in [2.45, 2.75) is 40.2 Å². The Morgan fingerprint density at radius 1 is 1.50 bits per heavy atom. The number of anilines is 1. The van der Waals surface area contributed by atoms with Crippen LogP contribution in [0.2, 0.25) is 0 Å². The Balaban J connectivity index is 2.19. The molecule has 2 heterocycles. The first kappa shape index (κ1) is 12.9. The summed E-state index contributed by atoms with van der Waals surface area (Å²) in [7, 11) is 0. The van der Waals surface area contributed by atoms with E-state index in [0.717, 1.165) is 41.9 Å². The monoisotopic (exact) mass is 247 g/mol. The van der Waals surface area contributed by atoms with Gasteiger partial charge in [0.2, 0.25) is 5.91 Å². The average Bonchev–Trinajstić information content (AvgIpc) is 2.35. The van der Waals surface area contributed by atoms with Crippen LogP contribution >= 0.6 is 0 Å². The standard InChI is InChI=1S/C14H21N3O/c1-9-5-4-6-17(14(9)18)8-12-11(3)13(15)10(2)7-16-12/h7,9H,4-6,8H2,1-3H3,(H2,15,16). The van der Waals surface area contributed by atoms with Gasteiger partial charge in [-0.25, -0.2) is 0 Å². The second-order valence-electron chi connectivity index (χ2n) is 5.23.